The van der Waals surface area contributed by atoms with Crippen LogP contribution in [0.2, 0.25) is 0 Å². The molecule has 0 aromatic carbocycles. The van der Waals surface area contributed by atoms with Crippen molar-refractivity contribution in [2.45, 2.75) is 63.5 Å². The third-order valence-corrected chi connectivity index (χ3v) is 5.24. The maximum atomic E-state index is 12.9. The van der Waals surface area contributed by atoms with Crippen LogP contribution < -0.4 is 0 Å². The molecule has 2 aliphatic rings. The van der Waals surface area contributed by atoms with Gasteiger partial charge in [0.25, 0.3) is 5.91 Å². The van der Waals surface area contributed by atoms with Crippen molar-refractivity contribution in [3.63, 3.8) is 0 Å². The van der Waals surface area contributed by atoms with Crippen molar-refractivity contribution >= 4 is 11.9 Å². The molecule has 22 heavy (non-hydrogen) atoms. The first-order chi connectivity index (χ1) is 10.6. The molecule has 1 aromatic rings. The van der Waals surface area contributed by atoms with E-state index in [1.807, 2.05) is 4.68 Å². The van der Waals surface area contributed by atoms with Crippen LogP contribution in [-0.2, 0) is 17.8 Å². The number of nitrogens with zero attached hydrogens (tertiary/aromatic N) is 3. The Labute approximate surface area is 130 Å². The van der Waals surface area contributed by atoms with Crippen LogP contribution in [0.15, 0.2) is 6.20 Å². The van der Waals surface area contributed by atoms with Gasteiger partial charge < -0.3 is 10.0 Å². The first-order valence-electron chi connectivity index (χ1n) is 8.12. The Kier molecular flexibility index (Phi) is 3.93. The lowest BCUT2D eigenvalue weighted by Gasteiger charge is -2.41. The summed E-state index contributed by atoms with van der Waals surface area (Å²) in [5, 5.41) is 14.0. The molecule has 120 valence electrons. The zero-order valence-electron chi connectivity index (χ0n) is 13.0. The van der Waals surface area contributed by atoms with Gasteiger partial charge in [-0.2, -0.15) is 5.10 Å². The molecule has 0 radical (unpaired) electrons. The maximum absolute atomic E-state index is 12.9. The summed E-state index contributed by atoms with van der Waals surface area (Å²) in [4.78, 5) is 26.2. The summed E-state index contributed by atoms with van der Waals surface area (Å²) in [6.07, 6.45) is 8.41. The predicted octanol–water partition coefficient (Wildman–Crippen LogP) is 2.08. The lowest BCUT2D eigenvalue weighted by Crippen LogP contribution is -2.56. The number of aryl methyl sites for hydroxylation is 1. The average Bonchev–Trinajstić information content (AvgIpc) is 2.98. The van der Waals surface area contributed by atoms with Gasteiger partial charge >= 0.3 is 5.97 Å². The third-order valence-electron chi connectivity index (χ3n) is 5.24. The fourth-order valence-electron chi connectivity index (χ4n) is 3.80. The minimum atomic E-state index is -1.06. The summed E-state index contributed by atoms with van der Waals surface area (Å²) >= 11 is 0. The van der Waals surface area contributed by atoms with Crippen LogP contribution in [0.25, 0.3) is 0 Å². The van der Waals surface area contributed by atoms with Crippen molar-refractivity contribution < 1.29 is 14.7 Å². The minimum absolute atomic E-state index is 0.201. The van der Waals surface area contributed by atoms with E-state index in [-0.39, 0.29) is 5.91 Å². The van der Waals surface area contributed by atoms with Gasteiger partial charge in [-0.25, -0.2) is 4.79 Å². The summed E-state index contributed by atoms with van der Waals surface area (Å²) in [6, 6.07) is 0. The maximum Gasteiger partial charge on any atom is 0.329 e. The van der Waals surface area contributed by atoms with E-state index in [2.05, 4.69) is 5.10 Å². The molecule has 1 saturated carbocycles. The molecule has 1 fully saturated rings. The quantitative estimate of drug-likeness (QED) is 0.927. The van der Waals surface area contributed by atoms with Crippen molar-refractivity contribution in [2.75, 3.05) is 7.05 Å². The molecular formula is C16H23N3O3. The van der Waals surface area contributed by atoms with Crippen LogP contribution in [0.3, 0.4) is 0 Å². The molecule has 1 N–H and O–H groups in total. The average molecular weight is 305 g/mol. The van der Waals surface area contributed by atoms with E-state index in [1.165, 1.54) is 4.90 Å². The first-order valence-corrected chi connectivity index (χ1v) is 8.12. The highest BCUT2D eigenvalue weighted by Crippen LogP contribution is 2.34. The van der Waals surface area contributed by atoms with Gasteiger partial charge in [0.2, 0.25) is 0 Å². The monoisotopic (exact) mass is 305 g/mol. The first kappa shape index (κ1) is 15.1. The Morgan fingerprint density at radius 2 is 1.95 bits per heavy atom. The van der Waals surface area contributed by atoms with E-state index in [4.69, 9.17) is 0 Å². The lowest BCUT2D eigenvalue weighted by molar-refractivity contribution is -0.151. The number of amides is 1. The van der Waals surface area contributed by atoms with E-state index in [0.717, 1.165) is 50.8 Å². The van der Waals surface area contributed by atoms with Crippen LogP contribution in [0.1, 0.15) is 61.0 Å². The predicted molar refractivity (Wildman–Crippen MR) is 80.7 cm³/mol. The van der Waals surface area contributed by atoms with Gasteiger partial charge in [-0.1, -0.05) is 19.3 Å². The minimum Gasteiger partial charge on any atom is -0.479 e. The Balaban J connectivity index is 1.90. The summed E-state index contributed by atoms with van der Waals surface area (Å²) < 4.78 is 1.89. The number of rotatable bonds is 3. The topological polar surface area (TPSA) is 75.4 Å². The lowest BCUT2D eigenvalue weighted by atomic mass is 9.80. The Bertz CT molecular complexity index is 587. The summed E-state index contributed by atoms with van der Waals surface area (Å²) in [5.74, 6) is -1.09. The van der Waals surface area contributed by atoms with Gasteiger partial charge in [-0.05, 0) is 32.1 Å². The van der Waals surface area contributed by atoms with Crippen molar-refractivity contribution in [1.82, 2.24) is 14.7 Å². The molecule has 6 nitrogen and oxygen atoms in total. The molecule has 0 bridgehead atoms. The highest BCUT2D eigenvalue weighted by molar-refractivity contribution is 5.98. The number of carbonyl (C=O) groups excluding carboxylic acids is 1. The second kappa shape index (κ2) is 5.74. The van der Waals surface area contributed by atoms with Crippen molar-refractivity contribution in [3.8, 4) is 0 Å². The van der Waals surface area contributed by atoms with Crippen molar-refractivity contribution in [3.05, 3.63) is 17.5 Å². The third kappa shape index (κ3) is 2.30. The summed E-state index contributed by atoms with van der Waals surface area (Å²) in [6.45, 7) is 0.844. The number of carbonyl (C=O) groups is 2. The molecular weight excluding hydrogens is 282 g/mol. The van der Waals surface area contributed by atoms with Gasteiger partial charge in [-0.3, -0.25) is 9.48 Å². The van der Waals surface area contributed by atoms with Crippen molar-refractivity contribution in [2.24, 2.45) is 0 Å². The number of carboxylic acid groups (broad SMARTS) is 1. The zero-order chi connectivity index (χ0) is 15.7. The number of likely N-dealkylation sites (N-methyl/N-ethyl adjacent to an activating group) is 1. The highest BCUT2D eigenvalue weighted by atomic mass is 16.4. The van der Waals surface area contributed by atoms with E-state index in [1.54, 1.807) is 13.2 Å². The van der Waals surface area contributed by atoms with Crippen LogP contribution >= 0.6 is 0 Å². The van der Waals surface area contributed by atoms with E-state index < -0.39 is 11.5 Å². The smallest absolute Gasteiger partial charge is 0.329 e. The van der Waals surface area contributed by atoms with Gasteiger partial charge in [0.1, 0.15) is 5.54 Å². The molecule has 3 rings (SSSR count). The van der Waals surface area contributed by atoms with Gasteiger partial charge in [0, 0.05) is 13.6 Å². The standard InChI is InChI=1S/C16H23N3O3/c1-18(16(15(21)22)8-4-2-5-9-16)14(20)12-11-17-19-10-6-3-7-13(12)19/h11H,2-10H2,1H3,(H,21,22). The van der Waals surface area contributed by atoms with E-state index >= 15 is 0 Å². The number of fused-ring (bicyclic) bond motifs is 1. The van der Waals surface area contributed by atoms with Crippen LogP contribution in [0.5, 0.6) is 0 Å². The molecule has 2 heterocycles. The number of carboxylic acids is 1. The molecule has 0 spiro atoms. The number of hydrogen-bond donors (Lipinski definition) is 1. The van der Waals surface area contributed by atoms with Crippen LogP contribution in [0, 0.1) is 0 Å². The molecule has 1 aromatic heterocycles. The Morgan fingerprint density at radius 1 is 1.23 bits per heavy atom. The molecule has 0 atom stereocenters. The molecule has 1 aliphatic carbocycles. The molecule has 1 aliphatic heterocycles. The summed E-state index contributed by atoms with van der Waals surface area (Å²) in [5.41, 5.74) is 0.478. The zero-order valence-corrected chi connectivity index (χ0v) is 13.0. The number of aromatic nitrogens is 2. The van der Waals surface area contributed by atoms with Gasteiger partial charge in [0.05, 0.1) is 17.5 Å². The second-order valence-electron chi connectivity index (χ2n) is 6.45. The van der Waals surface area contributed by atoms with Crippen LogP contribution in [-0.4, -0.2) is 44.3 Å². The molecule has 1 amide bonds. The fourth-order valence-corrected chi connectivity index (χ4v) is 3.80. The molecule has 0 unspecified atom stereocenters. The largest absolute Gasteiger partial charge is 0.479 e. The van der Waals surface area contributed by atoms with E-state index in [0.29, 0.717) is 18.4 Å². The highest BCUT2D eigenvalue weighted by Gasteiger charge is 2.46. The fraction of sp³-hybridized carbons (Fsp3) is 0.688. The Hall–Kier alpha value is -1.85. The van der Waals surface area contributed by atoms with E-state index in [9.17, 15) is 14.7 Å². The SMILES string of the molecule is CN(C(=O)c1cnn2c1CCCC2)C1(C(=O)O)CCCCC1. The number of hydrogen-bond acceptors (Lipinski definition) is 3. The van der Waals surface area contributed by atoms with Gasteiger partial charge in [0.15, 0.2) is 0 Å². The van der Waals surface area contributed by atoms with Crippen molar-refractivity contribution in [1.29, 1.82) is 0 Å². The second-order valence-corrected chi connectivity index (χ2v) is 6.45. The molecule has 6 heteroatoms. The van der Waals surface area contributed by atoms with Gasteiger partial charge in [-0.15, -0.1) is 0 Å². The number of aliphatic carboxylic acids is 1. The van der Waals surface area contributed by atoms with Crippen LogP contribution in [0.4, 0.5) is 0 Å². The molecule has 0 saturated heterocycles. The normalized spacial score (nSPS) is 20.2. The Morgan fingerprint density at radius 3 is 2.64 bits per heavy atom. The summed E-state index contributed by atoms with van der Waals surface area (Å²) in [7, 11) is 1.63.